The molecule has 2 aliphatic rings. The fraction of sp³-hybridized carbons (Fsp3) is 0.824. The Morgan fingerprint density at radius 2 is 1.83 bits per heavy atom. The summed E-state index contributed by atoms with van der Waals surface area (Å²) >= 11 is 0. The molecule has 1 aromatic rings. The molecule has 0 spiro atoms. The predicted octanol–water partition coefficient (Wildman–Crippen LogP) is 1.42. The lowest BCUT2D eigenvalue weighted by Crippen LogP contribution is -2.46. The van der Waals surface area contributed by atoms with Crippen molar-refractivity contribution in [1.82, 2.24) is 19.4 Å². The van der Waals surface area contributed by atoms with Gasteiger partial charge in [0.25, 0.3) is 0 Å². The third-order valence-electron chi connectivity index (χ3n) is 4.58. The number of piperazine rings is 1. The van der Waals surface area contributed by atoms with Gasteiger partial charge in [-0.3, -0.25) is 4.90 Å². The zero-order valence-corrected chi connectivity index (χ0v) is 14.5. The van der Waals surface area contributed by atoms with E-state index in [0.29, 0.717) is 5.92 Å². The first-order valence-corrected chi connectivity index (χ1v) is 8.87. The maximum absolute atomic E-state index is 5.51. The van der Waals surface area contributed by atoms with Crippen LogP contribution in [0.1, 0.15) is 26.0 Å². The number of nitrogens with zero attached hydrogens (tertiary/aromatic N) is 4. The van der Waals surface area contributed by atoms with Gasteiger partial charge in [0.15, 0.2) is 6.29 Å². The second kappa shape index (κ2) is 8.24. The lowest BCUT2D eigenvalue weighted by atomic mass is 10.2. The number of imidazole rings is 1. The van der Waals surface area contributed by atoms with Gasteiger partial charge in [-0.2, -0.15) is 0 Å². The monoisotopic (exact) mass is 322 g/mol. The molecule has 3 heterocycles. The third-order valence-corrected chi connectivity index (χ3v) is 4.58. The highest BCUT2D eigenvalue weighted by atomic mass is 16.7. The van der Waals surface area contributed by atoms with E-state index in [1.165, 1.54) is 5.69 Å². The zero-order chi connectivity index (χ0) is 16.1. The molecule has 0 aliphatic carbocycles. The number of rotatable bonds is 7. The van der Waals surface area contributed by atoms with E-state index < -0.39 is 0 Å². The van der Waals surface area contributed by atoms with Gasteiger partial charge in [-0.1, -0.05) is 13.8 Å². The first kappa shape index (κ1) is 16.9. The number of aromatic nitrogens is 2. The van der Waals surface area contributed by atoms with E-state index in [-0.39, 0.29) is 6.29 Å². The van der Waals surface area contributed by atoms with Crippen molar-refractivity contribution in [2.24, 2.45) is 5.92 Å². The average molecular weight is 322 g/mol. The summed E-state index contributed by atoms with van der Waals surface area (Å²) in [5.74, 6) is 0.653. The molecule has 1 aromatic heterocycles. The number of hydrogen-bond donors (Lipinski definition) is 0. The SMILES string of the molecule is CC(C)Cn1cncc1CN1CCN(CCC2OCCO2)CC1. The Morgan fingerprint density at radius 3 is 2.52 bits per heavy atom. The summed E-state index contributed by atoms with van der Waals surface area (Å²) in [6.07, 6.45) is 5.00. The van der Waals surface area contributed by atoms with E-state index in [9.17, 15) is 0 Å². The second-order valence-corrected chi connectivity index (χ2v) is 7.01. The van der Waals surface area contributed by atoms with Gasteiger partial charge in [-0.25, -0.2) is 4.98 Å². The Hall–Kier alpha value is -0.950. The van der Waals surface area contributed by atoms with Crippen LogP contribution in [0.25, 0.3) is 0 Å². The molecule has 0 bridgehead atoms. The molecule has 0 saturated carbocycles. The molecule has 2 saturated heterocycles. The van der Waals surface area contributed by atoms with E-state index in [1.807, 2.05) is 12.5 Å². The highest BCUT2D eigenvalue weighted by Crippen LogP contribution is 2.13. The highest BCUT2D eigenvalue weighted by molar-refractivity contribution is 4.99. The minimum absolute atomic E-state index is 0.0263. The number of ether oxygens (including phenoxy) is 2. The molecule has 0 atom stereocenters. The van der Waals surface area contributed by atoms with Crippen molar-refractivity contribution in [3.05, 3.63) is 18.2 Å². The van der Waals surface area contributed by atoms with Crippen molar-refractivity contribution in [3.63, 3.8) is 0 Å². The Kier molecular flexibility index (Phi) is 6.05. The predicted molar refractivity (Wildman–Crippen MR) is 89.1 cm³/mol. The van der Waals surface area contributed by atoms with Gasteiger partial charge in [0, 0.05) is 58.4 Å². The summed E-state index contributed by atoms with van der Waals surface area (Å²) in [4.78, 5) is 9.38. The maximum atomic E-state index is 5.51. The van der Waals surface area contributed by atoms with Crippen molar-refractivity contribution in [3.8, 4) is 0 Å². The second-order valence-electron chi connectivity index (χ2n) is 7.01. The first-order valence-electron chi connectivity index (χ1n) is 8.87. The first-order chi connectivity index (χ1) is 11.2. The van der Waals surface area contributed by atoms with Crippen molar-refractivity contribution >= 4 is 0 Å². The topological polar surface area (TPSA) is 42.8 Å². The summed E-state index contributed by atoms with van der Waals surface area (Å²) in [6.45, 7) is 13.6. The highest BCUT2D eigenvalue weighted by Gasteiger charge is 2.21. The Bertz CT molecular complexity index is 463. The van der Waals surface area contributed by atoms with Crippen LogP contribution in [-0.4, -0.2) is 71.6 Å². The van der Waals surface area contributed by atoms with Crippen molar-refractivity contribution in [2.45, 2.75) is 39.6 Å². The fourth-order valence-corrected chi connectivity index (χ4v) is 3.30. The smallest absolute Gasteiger partial charge is 0.159 e. The van der Waals surface area contributed by atoms with Crippen LogP contribution >= 0.6 is 0 Å². The van der Waals surface area contributed by atoms with Crippen LogP contribution in [0.2, 0.25) is 0 Å². The summed E-state index contributed by atoms with van der Waals surface area (Å²) in [5, 5.41) is 0. The summed E-state index contributed by atoms with van der Waals surface area (Å²) in [5.41, 5.74) is 1.33. The van der Waals surface area contributed by atoms with Crippen LogP contribution in [0.3, 0.4) is 0 Å². The summed E-state index contributed by atoms with van der Waals surface area (Å²) < 4.78 is 13.3. The van der Waals surface area contributed by atoms with Gasteiger partial charge in [0.05, 0.1) is 25.2 Å². The lowest BCUT2D eigenvalue weighted by Gasteiger charge is -2.35. The van der Waals surface area contributed by atoms with Gasteiger partial charge < -0.3 is 18.9 Å². The Morgan fingerprint density at radius 1 is 1.13 bits per heavy atom. The van der Waals surface area contributed by atoms with E-state index in [0.717, 1.165) is 65.4 Å². The molecule has 3 rings (SSSR count). The Labute approximate surface area is 139 Å². The van der Waals surface area contributed by atoms with Crippen LogP contribution < -0.4 is 0 Å². The molecule has 0 aromatic carbocycles. The van der Waals surface area contributed by atoms with Crippen LogP contribution in [-0.2, 0) is 22.6 Å². The summed E-state index contributed by atoms with van der Waals surface area (Å²) in [7, 11) is 0. The van der Waals surface area contributed by atoms with Crippen LogP contribution in [0.5, 0.6) is 0 Å². The summed E-state index contributed by atoms with van der Waals surface area (Å²) in [6, 6.07) is 0. The van der Waals surface area contributed by atoms with Gasteiger partial charge in [-0.05, 0) is 5.92 Å². The van der Waals surface area contributed by atoms with E-state index >= 15 is 0 Å². The fourth-order valence-electron chi connectivity index (χ4n) is 3.30. The number of hydrogen-bond acceptors (Lipinski definition) is 5. The van der Waals surface area contributed by atoms with Crippen molar-refractivity contribution < 1.29 is 9.47 Å². The van der Waals surface area contributed by atoms with Crippen LogP contribution in [0, 0.1) is 5.92 Å². The van der Waals surface area contributed by atoms with Crippen LogP contribution in [0.15, 0.2) is 12.5 Å². The molecule has 0 radical (unpaired) electrons. The van der Waals surface area contributed by atoms with Gasteiger partial charge in [-0.15, -0.1) is 0 Å². The largest absolute Gasteiger partial charge is 0.350 e. The maximum Gasteiger partial charge on any atom is 0.159 e. The Balaban J connectivity index is 1.39. The normalized spacial score (nSPS) is 21.5. The zero-order valence-electron chi connectivity index (χ0n) is 14.5. The standard InChI is InChI=1S/C17H30N4O2/c1-15(2)12-21-14-18-11-16(21)13-20-7-5-19(6-8-20)4-3-17-22-9-10-23-17/h11,14-15,17H,3-10,12-13H2,1-2H3. The van der Waals surface area contributed by atoms with E-state index in [1.54, 1.807) is 0 Å². The molecule has 6 nitrogen and oxygen atoms in total. The lowest BCUT2D eigenvalue weighted by molar-refractivity contribution is -0.0533. The van der Waals surface area contributed by atoms with Gasteiger partial charge in [0.2, 0.25) is 0 Å². The van der Waals surface area contributed by atoms with Crippen molar-refractivity contribution in [1.29, 1.82) is 0 Å². The minimum atomic E-state index is 0.0263. The van der Waals surface area contributed by atoms with E-state index in [2.05, 4.69) is 33.2 Å². The average Bonchev–Trinajstić information content (AvgIpc) is 3.19. The molecule has 0 amide bonds. The molecule has 6 heteroatoms. The molecule has 130 valence electrons. The van der Waals surface area contributed by atoms with Gasteiger partial charge >= 0.3 is 0 Å². The minimum Gasteiger partial charge on any atom is -0.350 e. The van der Waals surface area contributed by atoms with Gasteiger partial charge in [0.1, 0.15) is 0 Å². The molecule has 23 heavy (non-hydrogen) atoms. The third kappa shape index (κ3) is 5.01. The molecular formula is C17H30N4O2. The van der Waals surface area contributed by atoms with E-state index in [4.69, 9.17) is 9.47 Å². The molecule has 0 unspecified atom stereocenters. The van der Waals surface area contributed by atoms with Crippen molar-refractivity contribution in [2.75, 3.05) is 45.9 Å². The molecular weight excluding hydrogens is 292 g/mol. The van der Waals surface area contributed by atoms with Crippen LogP contribution in [0.4, 0.5) is 0 Å². The quantitative estimate of drug-likeness (QED) is 0.759. The molecule has 2 fully saturated rings. The molecule has 0 N–H and O–H groups in total. The molecule has 2 aliphatic heterocycles.